The molecule has 0 radical (unpaired) electrons. The molecule has 0 aliphatic heterocycles. The first-order valence-corrected chi connectivity index (χ1v) is 5.17. The van der Waals surface area contributed by atoms with Gasteiger partial charge in [-0.3, -0.25) is 4.79 Å². The van der Waals surface area contributed by atoms with Crippen molar-refractivity contribution in [3.05, 3.63) is 12.2 Å². The van der Waals surface area contributed by atoms with E-state index < -0.39 is 12.0 Å². The van der Waals surface area contributed by atoms with Gasteiger partial charge >= 0.3 is 5.97 Å². The van der Waals surface area contributed by atoms with Gasteiger partial charge in [-0.05, 0) is 32.6 Å². The highest BCUT2D eigenvalue weighted by Gasteiger charge is 2.07. The zero-order valence-corrected chi connectivity index (χ0v) is 9.11. The zero-order chi connectivity index (χ0) is 11.7. The standard InChI is InChI=1S/C11H19NO3/c1-9(13)7-5-3-2-4-6-8-10(12)11(14)15/h4,6,10H,2-3,5,7-8,12H2,1H3,(H,14,15). The van der Waals surface area contributed by atoms with Gasteiger partial charge in [0.1, 0.15) is 11.8 Å². The van der Waals surface area contributed by atoms with Crippen LogP contribution in [0.4, 0.5) is 0 Å². The van der Waals surface area contributed by atoms with Gasteiger partial charge in [0.2, 0.25) is 0 Å². The molecule has 0 amide bonds. The molecule has 0 aromatic rings. The number of Topliss-reactive ketones (excluding diaryl/α,β-unsaturated/α-hetero) is 1. The van der Waals surface area contributed by atoms with Crippen molar-refractivity contribution in [2.24, 2.45) is 5.73 Å². The Bertz CT molecular complexity index is 236. The lowest BCUT2D eigenvalue weighted by molar-refractivity contribution is -0.138. The molecule has 0 aromatic heterocycles. The second-order valence-electron chi connectivity index (χ2n) is 3.60. The van der Waals surface area contributed by atoms with Crippen molar-refractivity contribution in [1.29, 1.82) is 0 Å². The van der Waals surface area contributed by atoms with Crippen molar-refractivity contribution in [3.8, 4) is 0 Å². The number of carbonyl (C=O) groups excluding carboxylic acids is 1. The fraction of sp³-hybridized carbons (Fsp3) is 0.636. The summed E-state index contributed by atoms with van der Waals surface area (Å²) in [6.45, 7) is 1.59. The molecule has 0 aliphatic rings. The number of aliphatic carboxylic acids is 1. The van der Waals surface area contributed by atoms with Gasteiger partial charge < -0.3 is 15.6 Å². The molecular weight excluding hydrogens is 194 g/mol. The predicted molar refractivity (Wildman–Crippen MR) is 58.5 cm³/mol. The molecule has 0 aromatic carbocycles. The smallest absolute Gasteiger partial charge is 0.320 e. The molecule has 0 rings (SSSR count). The minimum atomic E-state index is -0.976. The summed E-state index contributed by atoms with van der Waals surface area (Å²) in [4.78, 5) is 20.9. The first kappa shape index (κ1) is 13.8. The van der Waals surface area contributed by atoms with Crippen molar-refractivity contribution >= 4 is 11.8 Å². The van der Waals surface area contributed by atoms with Gasteiger partial charge in [0.25, 0.3) is 0 Å². The molecule has 0 saturated heterocycles. The summed E-state index contributed by atoms with van der Waals surface area (Å²) in [6.07, 6.45) is 7.42. The lowest BCUT2D eigenvalue weighted by Crippen LogP contribution is -2.29. The van der Waals surface area contributed by atoms with Gasteiger partial charge in [0, 0.05) is 6.42 Å². The van der Waals surface area contributed by atoms with E-state index in [0.29, 0.717) is 12.8 Å². The second-order valence-corrected chi connectivity index (χ2v) is 3.60. The Morgan fingerprint density at radius 2 is 2.00 bits per heavy atom. The van der Waals surface area contributed by atoms with Crippen LogP contribution in [0.15, 0.2) is 12.2 Å². The fourth-order valence-electron chi connectivity index (χ4n) is 1.10. The van der Waals surface area contributed by atoms with Crippen molar-refractivity contribution in [2.75, 3.05) is 0 Å². The maximum Gasteiger partial charge on any atom is 0.320 e. The maximum atomic E-state index is 10.6. The van der Waals surface area contributed by atoms with Crippen molar-refractivity contribution in [3.63, 3.8) is 0 Å². The van der Waals surface area contributed by atoms with Crippen LogP contribution in [-0.4, -0.2) is 22.9 Å². The van der Waals surface area contributed by atoms with Crippen LogP contribution in [0.3, 0.4) is 0 Å². The first-order valence-electron chi connectivity index (χ1n) is 5.17. The molecule has 1 unspecified atom stereocenters. The Kier molecular flexibility index (Phi) is 7.54. The molecule has 0 bridgehead atoms. The van der Waals surface area contributed by atoms with E-state index in [1.54, 1.807) is 13.0 Å². The maximum absolute atomic E-state index is 10.6. The Labute approximate surface area is 90.2 Å². The molecule has 0 heterocycles. The Balaban J connectivity index is 3.39. The van der Waals surface area contributed by atoms with Crippen LogP contribution in [0.25, 0.3) is 0 Å². The SMILES string of the molecule is CC(=O)CCCCC=CCC(N)C(=O)O. The minimum absolute atomic E-state index is 0.215. The topological polar surface area (TPSA) is 80.4 Å². The molecule has 0 fully saturated rings. The number of carboxylic acids is 1. The quantitative estimate of drug-likeness (QED) is 0.473. The lowest BCUT2D eigenvalue weighted by atomic mass is 10.1. The second kappa shape index (κ2) is 8.17. The number of rotatable bonds is 8. The third-order valence-corrected chi connectivity index (χ3v) is 2.02. The lowest BCUT2D eigenvalue weighted by Gasteiger charge is -2.00. The highest BCUT2D eigenvalue weighted by molar-refractivity contribution is 5.75. The summed E-state index contributed by atoms with van der Waals surface area (Å²) in [5, 5.41) is 8.49. The predicted octanol–water partition coefficient (Wildman–Crippen LogP) is 1.49. The third-order valence-electron chi connectivity index (χ3n) is 2.02. The Morgan fingerprint density at radius 1 is 1.33 bits per heavy atom. The average molecular weight is 213 g/mol. The van der Waals surface area contributed by atoms with Crippen LogP contribution in [0.5, 0.6) is 0 Å². The third kappa shape index (κ3) is 9.15. The van der Waals surface area contributed by atoms with Gasteiger partial charge in [0.05, 0.1) is 0 Å². The molecule has 4 heteroatoms. The average Bonchev–Trinajstić information content (AvgIpc) is 2.15. The summed E-state index contributed by atoms with van der Waals surface area (Å²) in [6, 6.07) is -0.807. The highest BCUT2D eigenvalue weighted by Crippen LogP contribution is 2.02. The number of unbranched alkanes of at least 4 members (excludes halogenated alkanes) is 2. The van der Waals surface area contributed by atoms with Crippen molar-refractivity contribution in [1.82, 2.24) is 0 Å². The number of nitrogens with two attached hydrogens (primary N) is 1. The molecule has 3 N–H and O–H groups in total. The number of allylic oxidation sites excluding steroid dienone is 1. The Morgan fingerprint density at radius 3 is 2.53 bits per heavy atom. The van der Waals surface area contributed by atoms with Crippen molar-refractivity contribution < 1.29 is 14.7 Å². The minimum Gasteiger partial charge on any atom is -0.480 e. The van der Waals surface area contributed by atoms with Gasteiger partial charge in [-0.25, -0.2) is 0 Å². The molecule has 1 atom stereocenters. The Hall–Kier alpha value is -1.16. The van der Waals surface area contributed by atoms with Crippen molar-refractivity contribution in [2.45, 2.75) is 45.1 Å². The van der Waals surface area contributed by atoms with Crippen LogP contribution in [-0.2, 0) is 9.59 Å². The first-order chi connectivity index (χ1) is 7.04. The van der Waals surface area contributed by atoms with Crippen LogP contribution in [0.2, 0.25) is 0 Å². The van der Waals surface area contributed by atoms with E-state index in [1.165, 1.54) is 0 Å². The number of hydrogen-bond donors (Lipinski definition) is 2. The highest BCUT2D eigenvalue weighted by atomic mass is 16.4. The fourth-order valence-corrected chi connectivity index (χ4v) is 1.10. The normalized spacial score (nSPS) is 12.9. The van der Waals surface area contributed by atoms with Crippen LogP contribution in [0, 0.1) is 0 Å². The van der Waals surface area contributed by atoms with Crippen LogP contribution < -0.4 is 5.73 Å². The van der Waals surface area contributed by atoms with E-state index >= 15 is 0 Å². The summed E-state index contributed by atoms with van der Waals surface area (Å²) >= 11 is 0. The molecule has 4 nitrogen and oxygen atoms in total. The molecule has 15 heavy (non-hydrogen) atoms. The van der Waals surface area contributed by atoms with Gasteiger partial charge in [-0.2, -0.15) is 0 Å². The summed E-state index contributed by atoms with van der Waals surface area (Å²) in [5.74, 6) is -0.761. The van der Waals surface area contributed by atoms with Gasteiger partial charge in [0.15, 0.2) is 0 Å². The summed E-state index contributed by atoms with van der Waals surface area (Å²) in [5.41, 5.74) is 5.30. The summed E-state index contributed by atoms with van der Waals surface area (Å²) in [7, 11) is 0. The van der Waals surface area contributed by atoms with E-state index in [1.807, 2.05) is 6.08 Å². The molecule has 86 valence electrons. The van der Waals surface area contributed by atoms with E-state index in [4.69, 9.17) is 10.8 Å². The summed E-state index contributed by atoms with van der Waals surface area (Å²) < 4.78 is 0. The molecule has 0 saturated carbocycles. The van der Waals surface area contributed by atoms with Gasteiger partial charge in [-0.1, -0.05) is 12.2 Å². The van der Waals surface area contributed by atoms with E-state index in [0.717, 1.165) is 19.3 Å². The number of carbonyl (C=O) groups is 2. The number of hydrogen-bond acceptors (Lipinski definition) is 3. The monoisotopic (exact) mass is 213 g/mol. The van der Waals surface area contributed by atoms with Gasteiger partial charge in [-0.15, -0.1) is 0 Å². The van der Waals surface area contributed by atoms with Crippen LogP contribution in [0.1, 0.15) is 39.0 Å². The largest absolute Gasteiger partial charge is 0.480 e. The zero-order valence-electron chi connectivity index (χ0n) is 9.11. The number of carboxylic acid groups (broad SMARTS) is 1. The number of ketones is 1. The molecule has 0 spiro atoms. The van der Waals surface area contributed by atoms with E-state index in [2.05, 4.69) is 0 Å². The van der Waals surface area contributed by atoms with E-state index in [9.17, 15) is 9.59 Å². The van der Waals surface area contributed by atoms with E-state index in [-0.39, 0.29) is 5.78 Å². The molecule has 0 aliphatic carbocycles. The molecular formula is C11H19NO3. The van der Waals surface area contributed by atoms with Crippen LogP contribution >= 0.6 is 0 Å².